The monoisotopic (exact) mass is 239 g/mol. The Kier molecular flexibility index (Phi) is 3.34. The molecule has 1 aromatic rings. The molecule has 1 aliphatic rings. The van der Waals surface area contributed by atoms with Crippen molar-refractivity contribution in [3.05, 3.63) is 34.9 Å². The van der Waals surface area contributed by atoms with Gasteiger partial charge in [0.1, 0.15) is 0 Å². The van der Waals surface area contributed by atoms with Crippen molar-refractivity contribution in [2.45, 2.75) is 19.4 Å². The Morgan fingerprint density at radius 1 is 1.38 bits per heavy atom. The van der Waals surface area contributed by atoms with E-state index in [4.69, 9.17) is 16.3 Å². The lowest BCUT2D eigenvalue weighted by Gasteiger charge is -2.32. The van der Waals surface area contributed by atoms with Crippen LogP contribution in [-0.2, 0) is 4.74 Å². The summed E-state index contributed by atoms with van der Waals surface area (Å²) < 4.78 is 5.02. The maximum atomic E-state index is 11.6. The first-order chi connectivity index (χ1) is 7.68. The van der Waals surface area contributed by atoms with Crippen LogP contribution < -0.4 is 0 Å². The summed E-state index contributed by atoms with van der Waals surface area (Å²) in [6.45, 7) is 3.28. The highest BCUT2D eigenvalue weighted by atomic mass is 35.5. The fraction of sp³-hybridized carbons (Fsp3) is 0.417. The highest BCUT2D eigenvalue weighted by Gasteiger charge is 2.25. The molecule has 0 aliphatic carbocycles. The fourth-order valence-corrected chi connectivity index (χ4v) is 1.97. The van der Waals surface area contributed by atoms with Crippen molar-refractivity contribution in [2.75, 3.05) is 13.2 Å². The van der Waals surface area contributed by atoms with Crippen molar-refractivity contribution in [1.82, 2.24) is 4.90 Å². The van der Waals surface area contributed by atoms with Crippen LogP contribution in [0.25, 0.3) is 0 Å². The minimum Gasteiger partial charge on any atom is -0.449 e. The fourth-order valence-electron chi connectivity index (χ4n) is 1.84. The van der Waals surface area contributed by atoms with E-state index in [2.05, 4.69) is 0 Å². The predicted octanol–water partition coefficient (Wildman–Crippen LogP) is 3.24. The summed E-state index contributed by atoms with van der Waals surface area (Å²) in [7, 11) is 0. The van der Waals surface area contributed by atoms with E-state index in [1.165, 1.54) is 0 Å². The van der Waals surface area contributed by atoms with Crippen LogP contribution in [0.4, 0.5) is 4.79 Å². The van der Waals surface area contributed by atoms with Crippen LogP contribution in [0.1, 0.15) is 24.9 Å². The number of ether oxygens (including phenoxy) is 1. The maximum absolute atomic E-state index is 11.6. The molecule has 1 heterocycles. The van der Waals surface area contributed by atoms with Crippen LogP contribution in [0.3, 0.4) is 0 Å². The number of hydrogen-bond donors (Lipinski definition) is 0. The van der Waals surface area contributed by atoms with Crippen molar-refractivity contribution in [3.8, 4) is 0 Å². The molecule has 16 heavy (non-hydrogen) atoms. The van der Waals surface area contributed by atoms with Crippen LogP contribution in [0.15, 0.2) is 24.3 Å². The molecule has 1 aliphatic heterocycles. The van der Waals surface area contributed by atoms with E-state index in [1.54, 1.807) is 4.90 Å². The molecule has 0 aromatic heterocycles. The van der Waals surface area contributed by atoms with Crippen molar-refractivity contribution < 1.29 is 9.53 Å². The molecule has 0 spiro atoms. The van der Waals surface area contributed by atoms with Crippen LogP contribution in [0, 0.1) is 0 Å². The Hall–Kier alpha value is -1.22. The summed E-state index contributed by atoms with van der Waals surface area (Å²) in [5.74, 6) is 0. The van der Waals surface area contributed by atoms with Gasteiger partial charge >= 0.3 is 6.09 Å². The molecule has 1 fully saturated rings. The highest BCUT2D eigenvalue weighted by Crippen LogP contribution is 2.24. The van der Waals surface area contributed by atoms with Gasteiger partial charge in [0, 0.05) is 11.6 Å². The Labute approximate surface area is 100.0 Å². The smallest absolute Gasteiger partial charge is 0.410 e. The molecule has 0 N–H and O–H groups in total. The van der Waals surface area contributed by atoms with E-state index in [1.807, 2.05) is 31.2 Å². The standard InChI is InChI=1S/C12H14ClNO2/c1-9(10-3-5-11(13)6-4-10)14-7-2-8-16-12(14)15/h3-6,9H,2,7-8H2,1H3/t9-/m0/s1. The van der Waals surface area contributed by atoms with Crippen molar-refractivity contribution in [2.24, 2.45) is 0 Å². The number of carbonyl (C=O) groups is 1. The second-order valence-electron chi connectivity index (χ2n) is 3.89. The van der Waals surface area contributed by atoms with Crippen molar-refractivity contribution in [3.63, 3.8) is 0 Å². The lowest BCUT2D eigenvalue weighted by Crippen LogP contribution is -2.39. The van der Waals surface area contributed by atoms with E-state index in [0.717, 1.165) is 18.5 Å². The number of amides is 1. The third kappa shape index (κ3) is 2.30. The average molecular weight is 240 g/mol. The van der Waals surface area contributed by atoms with Crippen LogP contribution in [0.2, 0.25) is 5.02 Å². The Morgan fingerprint density at radius 2 is 2.06 bits per heavy atom. The van der Waals surface area contributed by atoms with Gasteiger partial charge in [0.05, 0.1) is 12.6 Å². The molecule has 0 saturated carbocycles. The zero-order valence-corrected chi connectivity index (χ0v) is 9.91. The lowest BCUT2D eigenvalue weighted by molar-refractivity contribution is 0.0580. The lowest BCUT2D eigenvalue weighted by atomic mass is 10.1. The van der Waals surface area contributed by atoms with Crippen molar-refractivity contribution in [1.29, 1.82) is 0 Å². The number of hydrogen-bond acceptors (Lipinski definition) is 2. The largest absolute Gasteiger partial charge is 0.449 e. The van der Waals surface area contributed by atoms with E-state index in [0.29, 0.717) is 11.6 Å². The van der Waals surface area contributed by atoms with Crippen molar-refractivity contribution >= 4 is 17.7 Å². The molecule has 1 aromatic carbocycles. The molecule has 0 bridgehead atoms. The molecule has 1 saturated heterocycles. The number of carbonyl (C=O) groups excluding carboxylic acids is 1. The molecule has 0 radical (unpaired) electrons. The molecular weight excluding hydrogens is 226 g/mol. The van der Waals surface area contributed by atoms with Gasteiger partial charge in [-0.1, -0.05) is 23.7 Å². The second-order valence-corrected chi connectivity index (χ2v) is 4.33. The predicted molar refractivity (Wildman–Crippen MR) is 62.5 cm³/mol. The average Bonchev–Trinajstić information content (AvgIpc) is 2.30. The summed E-state index contributed by atoms with van der Waals surface area (Å²) in [5, 5.41) is 0.706. The first-order valence-corrected chi connectivity index (χ1v) is 5.75. The molecule has 86 valence electrons. The van der Waals surface area contributed by atoms with Gasteiger partial charge in [0.15, 0.2) is 0 Å². The molecule has 4 heteroatoms. The molecule has 2 rings (SSSR count). The Morgan fingerprint density at radius 3 is 2.69 bits per heavy atom. The first kappa shape index (κ1) is 11.3. The van der Waals surface area contributed by atoms with Gasteiger partial charge in [-0.15, -0.1) is 0 Å². The van der Waals surface area contributed by atoms with Gasteiger partial charge < -0.3 is 9.64 Å². The quantitative estimate of drug-likeness (QED) is 0.793. The number of rotatable bonds is 2. The van der Waals surface area contributed by atoms with E-state index in [-0.39, 0.29) is 12.1 Å². The summed E-state index contributed by atoms with van der Waals surface area (Å²) in [6, 6.07) is 7.58. The van der Waals surface area contributed by atoms with E-state index >= 15 is 0 Å². The normalized spacial score (nSPS) is 18.1. The van der Waals surface area contributed by atoms with E-state index in [9.17, 15) is 4.79 Å². The third-order valence-electron chi connectivity index (χ3n) is 2.82. The Bertz CT molecular complexity index is 377. The molecule has 3 nitrogen and oxygen atoms in total. The zero-order chi connectivity index (χ0) is 11.5. The molecule has 0 unspecified atom stereocenters. The van der Waals surface area contributed by atoms with Gasteiger partial charge in [-0.05, 0) is 31.0 Å². The van der Waals surface area contributed by atoms with Crippen LogP contribution in [0.5, 0.6) is 0 Å². The number of benzene rings is 1. The Balaban J connectivity index is 2.14. The summed E-state index contributed by atoms with van der Waals surface area (Å²) in [4.78, 5) is 13.3. The molecule has 1 amide bonds. The second kappa shape index (κ2) is 4.74. The molecule has 1 atom stereocenters. The van der Waals surface area contributed by atoms with Gasteiger partial charge in [0.2, 0.25) is 0 Å². The summed E-state index contributed by atoms with van der Waals surface area (Å²) >= 11 is 5.83. The van der Waals surface area contributed by atoms with Gasteiger partial charge in [-0.25, -0.2) is 4.79 Å². The highest BCUT2D eigenvalue weighted by molar-refractivity contribution is 6.30. The number of halogens is 1. The zero-order valence-electron chi connectivity index (χ0n) is 9.15. The van der Waals surface area contributed by atoms with Crippen LogP contribution in [-0.4, -0.2) is 24.1 Å². The van der Waals surface area contributed by atoms with Gasteiger partial charge in [-0.3, -0.25) is 0 Å². The summed E-state index contributed by atoms with van der Waals surface area (Å²) in [5.41, 5.74) is 1.07. The summed E-state index contributed by atoms with van der Waals surface area (Å²) in [6.07, 6.45) is 0.664. The number of nitrogens with zero attached hydrogens (tertiary/aromatic N) is 1. The van der Waals surface area contributed by atoms with Gasteiger partial charge in [-0.2, -0.15) is 0 Å². The van der Waals surface area contributed by atoms with Crippen LogP contribution >= 0.6 is 11.6 Å². The third-order valence-corrected chi connectivity index (χ3v) is 3.08. The van der Waals surface area contributed by atoms with E-state index < -0.39 is 0 Å². The maximum Gasteiger partial charge on any atom is 0.410 e. The topological polar surface area (TPSA) is 29.5 Å². The number of cyclic esters (lactones) is 1. The van der Waals surface area contributed by atoms with Gasteiger partial charge in [0.25, 0.3) is 0 Å². The minimum atomic E-state index is -0.228. The minimum absolute atomic E-state index is 0.0325. The molecular formula is C12H14ClNO2. The first-order valence-electron chi connectivity index (χ1n) is 5.37. The SMILES string of the molecule is C[C@@H](c1ccc(Cl)cc1)N1CCCOC1=O.